The molecule has 0 saturated heterocycles. The summed E-state index contributed by atoms with van der Waals surface area (Å²) >= 11 is 0. The van der Waals surface area contributed by atoms with Crippen LogP contribution in [0.3, 0.4) is 0 Å². The van der Waals surface area contributed by atoms with Gasteiger partial charge in [-0.1, -0.05) is 12.1 Å². The van der Waals surface area contributed by atoms with E-state index in [1.54, 1.807) is 0 Å². The third-order valence-electron chi connectivity index (χ3n) is 3.38. The van der Waals surface area contributed by atoms with Crippen molar-refractivity contribution in [2.45, 2.75) is 34.1 Å². The lowest BCUT2D eigenvalue weighted by molar-refractivity contribution is 0.432. The number of hydrogen-bond donors (Lipinski definition) is 0. The first-order valence-electron chi connectivity index (χ1n) is 7.32. The molecule has 0 aliphatic heterocycles. The Hall–Kier alpha value is -2.56. The molecule has 22 heavy (non-hydrogen) atoms. The van der Waals surface area contributed by atoms with Gasteiger partial charge in [-0.3, -0.25) is 9.97 Å². The predicted molar refractivity (Wildman–Crippen MR) is 84.3 cm³/mol. The normalized spacial score (nSPS) is 10.9. The van der Waals surface area contributed by atoms with Crippen LogP contribution in [0, 0.1) is 20.8 Å². The second kappa shape index (κ2) is 5.67. The van der Waals surface area contributed by atoms with Crippen molar-refractivity contribution in [3.63, 3.8) is 0 Å². The summed E-state index contributed by atoms with van der Waals surface area (Å²) in [5, 5.41) is 4.10. The van der Waals surface area contributed by atoms with Crippen LogP contribution in [0.5, 0.6) is 0 Å². The second-order valence-electron chi connectivity index (χ2n) is 5.40. The molecule has 0 saturated carbocycles. The van der Waals surface area contributed by atoms with Crippen LogP contribution in [0.25, 0.3) is 22.8 Å². The fourth-order valence-electron chi connectivity index (χ4n) is 2.46. The Kier molecular flexibility index (Phi) is 3.71. The number of aryl methyl sites for hydroxylation is 4. The number of hydrogen-bond acceptors (Lipinski definition) is 5. The Labute approximate surface area is 129 Å². The monoisotopic (exact) mass is 294 g/mol. The quantitative estimate of drug-likeness (QED) is 0.737. The van der Waals surface area contributed by atoms with E-state index >= 15 is 0 Å². The topological polar surface area (TPSA) is 64.7 Å². The van der Waals surface area contributed by atoms with Gasteiger partial charge in [-0.2, -0.15) is 4.98 Å². The Morgan fingerprint density at radius 3 is 2.14 bits per heavy atom. The molecule has 112 valence electrons. The third kappa shape index (κ3) is 2.88. The fraction of sp³-hybridized carbons (Fsp3) is 0.294. The minimum absolute atomic E-state index is 0.516. The Morgan fingerprint density at radius 2 is 1.45 bits per heavy atom. The molecule has 0 aliphatic carbocycles. The van der Waals surface area contributed by atoms with E-state index in [-0.39, 0.29) is 0 Å². The van der Waals surface area contributed by atoms with Crippen molar-refractivity contribution in [1.29, 1.82) is 0 Å². The van der Waals surface area contributed by atoms with Gasteiger partial charge in [-0.15, -0.1) is 0 Å². The molecule has 0 fully saturated rings. The standard InChI is InChI=1S/C17H18N4O/c1-5-15-9-14(8-12(4)19-15)17-20-16(21-22-17)13-6-10(2)18-11(3)7-13/h6-9H,5H2,1-4H3. The lowest BCUT2D eigenvalue weighted by Crippen LogP contribution is -1.92. The molecule has 0 aliphatic rings. The van der Waals surface area contributed by atoms with Crippen molar-refractivity contribution < 1.29 is 4.52 Å². The van der Waals surface area contributed by atoms with E-state index in [1.807, 2.05) is 45.0 Å². The highest BCUT2D eigenvalue weighted by molar-refractivity contribution is 5.60. The molecule has 0 amide bonds. The van der Waals surface area contributed by atoms with Gasteiger partial charge < -0.3 is 4.52 Å². The minimum atomic E-state index is 0.516. The van der Waals surface area contributed by atoms with Gasteiger partial charge in [0, 0.05) is 33.9 Å². The third-order valence-corrected chi connectivity index (χ3v) is 3.38. The summed E-state index contributed by atoms with van der Waals surface area (Å²) in [5.41, 5.74) is 5.67. The van der Waals surface area contributed by atoms with E-state index < -0.39 is 0 Å². The van der Waals surface area contributed by atoms with Crippen LogP contribution in [-0.2, 0) is 6.42 Å². The molecular weight excluding hydrogens is 276 g/mol. The van der Waals surface area contributed by atoms with E-state index in [0.29, 0.717) is 11.7 Å². The Morgan fingerprint density at radius 1 is 0.818 bits per heavy atom. The lowest BCUT2D eigenvalue weighted by atomic mass is 10.1. The summed E-state index contributed by atoms with van der Waals surface area (Å²) in [6, 6.07) is 7.86. The van der Waals surface area contributed by atoms with Gasteiger partial charge >= 0.3 is 0 Å². The molecule has 0 spiro atoms. The first-order chi connectivity index (χ1) is 10.5. The van der Waals surface area contributed by atoms with Gasteiger partial charge in [0.25, 0.3) is 5.89 Å². The first kappa shape index (κ1) is 14.4. The molecule has 0 aromatic carbocycles. The summed E-state index contributed by atoms with van der Waals surface area (Å²) in [6.07, 6.45) is 0.873. The number of pyridine rings is 2. The molecule has 0 bridgehead atoms. The van der Waals surface area contributed by atoms with Crippen LogP contribution < -0.4 is 0 Å². The highest BCUT2D eigenvalue weighted by atomic mass is 16.5. The molecule has 5 heteroatoms. The highest BCUT2D eigenvalue weighted by Crippen LogP contribution is 2.24. The second-order valence-corrected chi connectivity index (χ2v) is 5.40. The van der Waals surface area contributed by atoms with Crippen LogP contribution in [0.15, 0.2) is 28.8 Å². The molecule has 0 radical (unpaired) electrons. The van der Waals surface area contributed by atoms with Crippen molar-refractivity contribution in [1.82, 2.24) is 20.1 Å². The van der Waals surface area contributed by atoms with E-state index in [9.17, 15) is 0 Å². The maximum atomic E-state index is 5.43. The Balaban J connectivity index is 2.02. The summed E-state index contributed by atoms with van der Waals surface area (Å²) < 4.78 is 5.43. The molecular formula is C17H18N4O. The van der Waals surface area contributed by atoms with Gasteiger partial charge in [-0.05, 0) is 51.5 Å². The van der Waals surface area contributed by atoms with Gasteiger partial charge in [0.15, 0.2) is 0 Å². The van der Waals surface area contributed by atoms with Crippen LogP contribution >= 0.6 is 0 Å². The summed E-state index contributed by atoms with van der Waals surface area (Å²) in [5.74, 6) is 1.10. The van der Waals surface area contributed by atoms with E-state index in [1.165, 1.54) is 0 Å². The molecule has 3 aromatic rings. The molecule has 0 N–H and O–H groups in total. The van der Waals surface area contributed by atoms with E-state index in [4.69, 9.17) is 4.52 Å². The van der Waals surface area contributed by atoms with Crippen molar-refractivity contribution in [2.75, 3.05) is 0 Å². The fourth-order valence-corrected chi connectivity index (χ4v) is 2.46. The first-order valence-corrected chi connectivity index (χ1v) is 7.32. The maximum Gasteiger partial charge on any atom is 0.258 e. The van der Waals surface area contributed by atoms with Crippen molar-refractivity contribution in [3.8, 4) is 22.8 Å². The van der Waals surface area contributed by atoms with Crippen LogP contribution in [-0.4, -0.2) is 20.1 Å². The minimum Gasteiger partial charge on any atom is -0.334 e. The molecule has 5 nitrogen and oxygen atoms in total. The SMILES string of the molecule is CCc1cc(-c2nc(-c3cc(C)nc(C)c3)no2)cc(C)n1. The largest absolute Gasteiger partial charge is 0.334 e. The average molecular weight is 294 g/mol. The van der Waals surface area contributed by atoms with Crippen LogP contribution in [0.1, 0.15) is 29.7 Å². The summed E-state index contributed by atoms with van der Waals surface area (Å²) in [7, 11) is 0. The predicted octanol–water partition coefficient (Wildman–Crippen LogP) is 3.68. The zero-order valence-electron chi connectivity index (χ0n) is 13.2. The summed E-state index contributed by atoms with van der Waals surface area (Å²) in [4.78, 5) is 13.3. The zero-order valence-corrected chi connectivity index (χ0v) is 13.2. The van der Waals surface area contributed by atoms with E-state index in [0.717, 1.165) is 40.3 Å². The van der Waals surface area contributed by atoms with E-state index in [2.05, 4.69) is 27.0 Å². The Bertz CT molecular complexity index is 803. The molecule has 3 aromatic heterocycles. The van der Waals surface area contributed by atoms with Gasteiger partial charge in [0.2, 0.25) is 5.82 Å². The van der Waals surface area contributed by atoms with Crippen molar-refractivity contribution in [2.24, 2.45) is 0 Å². The van der Waals surface area contributed by atoms with Gasteiger partial charge in [-0.25, -0.2) is 0 Å². The lowest BCUT2D eigenvalue weighted by Gasteiger charge is -2.01. The van der Waals surface area contributed by atoms with Crippen LogP contribution in [0.4, 0.5) is 0 Å². The maximum absolute atomic E-state index is 5.43. The number of rotatable bonds is 3. The molecule has 3 heterocycles. The molecule has 0 unspecified atom stereocenters. The summed E-state index contributed by atoms with van der Waals surface area (Å²) in [6.45, 7) is 7.96. The number of nitrogens with zero attached hydrogens (tertiary/aromatic N) is 4. The molecule has 0 atom stereocenters. The van der Waals surface area contributed by atoms with Gasteiger partial charge in [0.05, 0.1) is 0 Å². The van der Waals surface area contributed by atoms with Crippen LogP contribution in [0.2, 0.25) is 0 Å². The highest BCUT2D eigenvalue weighted by Gasteiger charge is 2.13. The zero-order chi connectivity index (χ0) is 15.7. The smallest absolute Gasteiger partial charge is 0.258 e. The van der Waals surface area contributed by atoms with Crippen molar-refractivity contribution >= 4 is 0 Å². The number of aromatic nitrogens is 4. The average Bonchev–Trinajstić information content (AvgIpc) is 2.95. The van der Waals surface area contributed by atoms with Crippen molar-refractivity contribution in [3.05, 3.63) is 47.0 Å². The molecule has 3 rings (SSSR count). The van der Waals surface area contributed by atoms with Gasteiger partial charge in [0.1, 0.15) is 0 Å².